The number of hydrogen-bond donors (Lipinski definition) is 0. The molecular weight excluding hydrogens is 426 g/mol. The van der Waals surface area contributed by atoms with Crippen molar-refractivity contribution in [1.82, 2.24) is 9.88 Å². The van der Waals surface area contributed by atoms with Crippen molar-refractivity contribution in [3.63, 3.8) is 0 Å². The molecule has 162 valence electrons. The quantitative estimate of drug-likeness (QED) is 0.517. The number of oxazole rings is 1. The van der Waals surface area contributed by atoms with Gasteiger partial charge in [-0.2, -0.15) is 0 Å². The third kappa shape index (κ3) is 5.41. The number of nitrogens with zero attached hydrogens (tertiary/aromatic N) is 2. The van der Waals surface area contributed by atoms with E-state index in [1.165, 1.54) is 6.07 Å². The SMILES string of the molecule is O=C(CCc1ncc(-c2ccc(Cl)cc2)o1)N1CCC(Oc2ccc(F)cc2F)CC1. The van der Waals surface area contributed by atoms with Crippen molar-refractivity contribution in [2.24, 2.45) is 0 Å². The standard InChI is InChI=1S/C23H21ClF2N2O3/c24-16-3-1-15(2-4-16)21-14-27-22(31-21)7-8-23(29)28-11-9-18(10-12-28)30-20-6-5-17(25)13-19(20)26/h1-6,13-14,18H,7-12H2. The van der Waals surface area contributed by atoms with E-state index in [2.05, 4.69) is 4.98 Å². The first kappa shape index (κ1) is 21.3. The minimum atomic E-state index is -0.720. The van der Waals surface area contributed by atoms with Crippen LogP contribution >= 0.6 is 11.6 Å². The van der Waals surface area contributed by atoms with Crippen molar-refractivity contribution in [3.8, 4) is 17.1 Å². The van der Waals surface area contributed by atoms with Crippen LogP contribution < -0.4 is 4.74 Å². The van der Waals surface area contributed by atoms with Crippen LogP contribution in [0.2, 0.25) is 5.02 Å². The molecule has 0 N–H and O–H groups in total. The number of likely N-dealkylation sites (tertiary alicyclic amines) is 1. The van der Waals surface area contributed by atoms with Crippen LogP contribution in [0.4, 0.5) is 8.78 Å². The second-order valence-corrected chi connectivity index (χ2v) is 7.83. The van der Waals surface area contributed by atoms with E-state index < -0.39 is 11.6 Å². The molecule has 31 heavy (non-hydrogen) atoms. The van der Waals surface area contributed by atoms with Crippen LogP contribution in [0, 0.1) is 11.6 Å². The van der Waals surface area contributed by atoms with Gasteiger partial charge in [0.2, 0.25) is 5.91 Å². The van der Waals surface area contributed by atoms with Gasteiger partial charge < -0.3 is 14.1 Å². The molecule has 1 aliphatic heterocycles. The molecule has 0 radical (unpaired) electrons. The Bertz CT molecular complexity index is 1050. The van der Waals surface area contributed by atoms with Gasteiger partial charge in [0.25, 0.3) is 0 Å². The Morgan fingerprint density at radius 2 is 1.90 bits per heavy atom. The zero-order chi connectivity index (χ0) is 21.8. The van der Waals surface area contributed by atoms with Crippen molar-refractivity contribution < 1.29 is 22.7 Å². The van der Waals surface area contributed by atoms with Crippen molar-refractivity contribution in [2.45, 2.75) is 31.8 Å². The molecule has 8 heteroatoms. The minimum absolute atomic E-state index is 0.0117. The molecule has 3 aromatic rings. The minimum Gasteiger partial charge on any atom is -0.487 e. The van der Waals surface area contributed by atoms with Crippen LogP contribution in [0.1, 0.15) is 25.2 Å². The molecule has 4 rings (SSSR count). The number of rotatable bonds is 6. The highest BCUT2D eigenvalue weighted by atomic mass is 35.5. The van der Waals surface area contributed by atoms with Crippen LogP contribution in [0.25, 0.3) is 11.3 Å². The first-order valence-electron chi connectivity index (χ1n) is 10.1. The van der Waals surface area contributed by atoms with Gasteiger partial charge in [0.05, 0.1) is 6.20 Å². The van der Waals surface area contributed by atoms with Gasteiger partial charge in [-0.3, -0.25) is 4.79 Å². The molecule has 1 fully saturated rings. The number of hydrogen-bond acceptors (Lipinski definition) is 4. The van der Waals surface area contributed by atoms with E-state index in [9.17, 15) is 13.6 Å². The Morgan fingerprint density at radius 3 is 2.61 bits per heavy atom. The molecule has 0 aliphatic carbocycles. The lowest BCUT2D eigenvalue weighted by atomic mass is 10.1. The fourth-order valence-corrected chi connectivity index (χ4v) is 3.64. The van der Waals surface area contributed by atoms with E-state index >= 15 is 0 Å². The van der Waals surface area contributed by atoms with Crippen LogP contribution in [-0.4, -0.2) is 35.0 Å². The number of aryl methyl sites for hydroxylation is 1. The molecule has 5 nitrogen and oxygen atoms in total. The van der Waals surface area contributed by atoms with E-state index in [0.29, 0.717) is 55.4 Å². The molecule has 0 atom stereocenters. The van der Waals surface area contributed by atoms with Crippen molar-refractivity contribution in [3.05, 3.63) is 71.2 Å². The maximum Gasteiger partial charge on any atom is 0.223 e. The average Bonchev–Trinajstić information content (AvgIpc) is 3.24. The highest BCUT2D eigenvalue weighted by Gasteiger charge is 2.25. The molecule has 0 saturated carbocycles. The van der Waals surface area contributed by atoms with Gasteiger partial charge in [0.1, 0.15) is 11.9 Å². The summed E-state index contributed by atoms with van der Waals surface area (Å²) in [5.41, 5.74) is 0.870. The van der Waals surface area contributed by atoms with Gasteiger partial charge in [-0.1, -0.05) is 11.6 Å². The second kappa shape index (κ2) is 9.47. The van der Waals surface area contributed by atoms with E-state index in [1.54, 1.807) is 23.2 Å². The Morgan fingerprint density at radius 1 is 1.16 bits per heavy atom. The number of halogens is 3. The smallest absolute Gasteiger partial charge is 0.223 e. The summed E-state index contributed by atoms with van der Waals surface area (Å²) in [7, 11) is 0. The van der Waals surface area contributed by atoms with Crippen LogP contribution in [0.15, 0.2) is 53.1 Å². The van der Waals surface area contributed by atoms with E-state index in [0.717, 1.165) is 17.7 Å². The summed E-state index contributed by atoms with van der Waals surface area (Å²) in [6.45, 7) is 1.04. The van der Waals surface area contributed by atoms with E-state index in [4.69, 9.17) is 20.8 Å². The first-order chi connectivity index (χ1) is 15.0. The van der Waals surface area contributed by atoms with Crippen molar-refractivity contribution in [1.29, 1.82) is 0 Å². The van der Waals surface area contributed by atoms with Crippen LogP contribution in [-0.2, 0) is 11.2 Å². The lowest BCUT2D eigenvalue weighted by Gasteiger charge is -2.32. The number of aromatic nitrogens is 1. The van der Waals surface area contributed by atoms with Gasteiger partial charge in [-0.25, -0.2) is 13.8 Å². The average molecular weight is 447 g/mol. The third-order valence-electron chi connectivity index (χ3n) is 5.22. The largest absolute Gasteiger partial charge is 0.487 e. The lowest BCUT2D eigenvalue weighted by Crippen LogP contribution is -2.41. The number of benzene rings is 2. The summed E-state index contributed by atoms with van der Waals surface area (Å²) in [5.74, 6) is -0.184. The molecule has 0 bridgehead atoms. The van der Waals surface area contributed by atoms with Crippen LogP contribution in [0.3, 0.4) is 0 Å². The summed E-state index contributed by atoms with van der Waals surface area (Å²) in [4.78, 5) is 18.6. The molecule has 2 heterocycles. The maximum atomic E-state index is 13.7. The van der Waals surface area contributed by atoms with Gasteiger partial charge in [0, 0.05) is 55.4 Å². The predicted molar refractivity (Wildman–Crippen MR) is 112 cm³/mol. The number of piperidine rings is 1. The van der Waals surface area contributed by atoms with E-state index in [-0.39, 0.29) is 17.8 Å². The number of ether oxygens (including phenoxy) is 1. The Kier molecular flexibility index (Phi) is 6.51. The lowest BCUT2D eigenvalue weighted by molar-refractivity contribution is -0.133. The molecule has 0 unspecified atom stereocenters. The zero-order valence-electron chi connectivity index (χ0n) is 16.7. The fourth-order valence-electron chi connectivity index (χ4n) is 3.52. The Labute approximate surface area is 183 Å². The Balaban J connectivity index is 1.24. The Hall–Kier alpha value is -2.93. The number of carbonyl (C=O) groups is 1. The summed E-state index contributed by atoms with van der Waals surface area (Å²) in [5, 5.41) is 0.644. The summed E-state index contributed by atoms with van der Waals surface area (Å²) >= 11 is 5.90. The van der Waals surface area contributed by atoms with Gasteiger partial charge in [-0.05, 0) is 36.4 Å². The highest BCUT2D eigenvalue weighted by Crippen LogP contribution is 2.24. The van der Waals surface area contributed by atoms with E-state index in [1.807, 2.05) is 12.1 Å². The molecule has 1 aliphatic rings. The molecule has 1 saturated heterocycles. The molecular formula is C23H21ClF2N2O3. The normalized spacial score (nSPS) is 14.6. The maximum absolute atomic E-state index is 13.7. The number of carbonyl (C=O) groups excluding carboxylic acids is 1. The predicted octanol–water partition coefficient (Wildman–Crippen LogP) is 5.28. The fraction of sp³-hybridized carbons (Fsp3) is 0.304. The molecule has 1 amide bonds. The second-order valence-electron chi connectivity index (χ2n) is 7.40. The van der Waals surface area contributed by atoms with Gasteiger partial charge in [-0.15, -0.1) is 0 Å². The summed E-state index contributed by atoms with van der Waals surface area (Å²) in [6, 6.07) is 10.5. The summed E-state index contributed by atoms with van der Waals surface area (Å²) < 4.78 is 38.1. The number of amides is 1. The molecule has 2 aromatic carbocycles. The zero-order valence-corrected chi connectivity index (χ0v) is 17.4. The highest BCUT2D eigenvalue weighted by molar-refractivity contribution is 6.30. The monoisotopic (exact) mass is 446 g/mol. The van der Waals surface area contributed by atoms with Crippen LogP contribution in [0.5, 0.6) is 5.75 Å². The van der Waals surface area contributed by atoms with Gasteiger partial charge in [0.15, 0.2) is 23.2 Å². The topological polar surface area (TPSA) is 55.6 Å². The first-order valence-corrected chi connectivity index (χ1v) is 10.5. The van der Waals surface area contributed by atoms with Gasteiger partial charge >= 0.3 is 0 Å². The third-order valence-corrected chi connectivity index (χ3v) is 5.47. The van der Waals surface area contributed by atoms with Crippen molar-refractivity contribution >= 4 is 17.5 Å². The molecule has 1 aromatic heterocycles. The summed E-state index contributed by atoms with van der Waals surface area (Å²) in [6.07, 6.45) is 3.30. The van der Waals surface area contributed by atoms with Crippen molar-refractivity contribution in [2.75, 3.05) is 13.1 Å². The molecule has 0 spiro atoms.